The van der Waals surface area contributed by atoms with Gasteiger partial charge in [-0.05, 0) is 54.2 Å². The minimum Gasteiger partial charge on any atom is -0.493 e. The van der Waals surface area contributed by atoms with Crippen molar-refractivity contribution in [1.29, 1.82) is 0 Å². The molecule has 1 unspecified atom stereocenters. The van der Waals surface area contributed by atoms with Crippen molar-refractivity contribution in [3.8, 4) is 11.5 Å². The number of hydrogen-bond acceptors (Lipinski definition) is 3. The average Bonchev–Trinajstić information content (AvgIpc) is 3.02. The Bertz CT molecular complexity index is 681. The third-order valence-corrected chi connectivity index (χ3v) is 4.55. The van der Waals surface area contributed by atoms with E-state index < -0.39 is 0 Å². The number of rotatable bonds is 6. The van der Waals surface area contributed by atoms with E-state index in [-0.39, 0.29) is 0 Å². The first kappa shape index (κ1) is 15.7. The SMILES string of the molecule is CCCCc1ccc2c(c1)CC(c1ccc(OC)c(OC)c1)N2. The van der Waals surface area contributed by atoms with Crippen LogP contribution in [0.3, 0.4) is 0 Å². The topological polar surface area (TPSA) is 30.5 Å². The minimum absolute atomic E-state index is 0.297. The van der Waals surface area contributed by atoms with Crippen LogP contribution in [0.1, 0.15) is 42.5 Å². The van der Waals surface area contributed by atoms with Crippen molar-refractivity contribution in [2.24, 2.45) is 0 Å². The number of fused-ring (bicyclic) bond motifs is 1. The Morgan fingerprint density at radius 1 is 1.04 bits per heavy atom. The Hall–Kier alpha value is -2.16. The van der Waals surface area contributed by atoms with Gasteiger partial charge >= 0.3 is 0 Å². The third kappa shape index (κ3) is 3.29. The monoisotopic (exact) mass is 311 g/mol. The van der Waals surface area contributed by atoms with E-state index in [4.69, 9.17) is 9.47 Å². The lowest BCUT2D eigenvalue weighted by atomic mass is 10.00. The predicted molar refractivity (Wildman–Crippen MR) is 94.7 cm³/mol. The summed E-state index contributed by atoms with van der Waals surface area (Å²) < 4.78 is 10.7. The maximum absolute atomic E-state index is 5.42. The number of unbranched alkanes of at least 4 members (excludes halogenated alkanes) is 1. The maximum Gasteiger partial charge on any atom is 0.161 e. The molecule has 3 heteroatoms. The van der Waals surface area contributed by atoms with Crippen LogP contribution in [0.4, 0.5) is 5.69 Å². The molecule has 1 aliphatic heterocycles. The number of methoxy groups -OCH3 is 2. The van der Waals surface area contributed by atoms with Crippen molar-refractivity contribution in [3.05, 3.63) is 53.1 Å². The molecule has 23 heavy (non-hydrogen) atoms. The Morgan fingerprint density at radius 3 is 2.61 bits per heavy atom. The van der Waals surface area contributed by atoms with Crippen LogP contribution in [0.15, 0.2) is 36.4 Å². The number of benzene rings is 2. The molecule has 1 aliphatic rings. The molecule has 1 N–H and O–H groups in total. The molecule has 0 spiro atoms. The van der Waals surface area contributed by atoms with Gasteiger partial charge in [-0.2, -0.15) is 0 Å². The molecule has 0 aromatic heterocycles. The summed E-state index contributed by atoms with van der Waals surface area (Å²) in [5.74, 6) is 1.56. The van der Waals surface area contributed by atoms with Crippen LogP contribution in [0, 0.1) is 0 Å². The lowest BCUT2D eigenvalue weighted by Crippen LogP contribution is -2.06. The van der Waals surface area contributed by atoms with Crippen molar-refractivity contribution in [1.82, 2.24) is 0 Å². The first-order chi connectivity index (χ1) is 11.2. The number of aryl methyl sites for hydroxylation is 1. The summed E-state index contributed by atoms with van der Waals surface area (Å²) >= 11 is 0. The number of anilines is 1. The highest BCUT2D eigenvalue weighted by Gasteiger charge is 2.23. The van der Waals surface area contributed by atoms with Gasteiger partial charge in [-0.1, -0.05) is 31.5 Å². The van der Waals surface area contributed by atoms with Gasteiger partial charge < -0.3 is 14.8 Å². The second kappa shape index (κ2) is 6.95. The van der Waals surface area contributed by atoms with Gasteiger partial charge in [-0.15, -0.1) is 0 Å². The molecular weight excluding hydrogens is 286 g/mol. The van der Waals surface area contributed by atoms with Gasteiger partial charge in [0.15, 0.2) is 11.5 Å². The van der Waals surface area contributed by atoms with Crippen LogP contribution in [-0.4, -0.2) is 14.2 Å². The van der Waals surface area contributed by atoms with Crippen molar-refractivity contribution < 1.29 is 9.47 Å². The largest absolute Gasteiger partial charge is 0.493 e. The molecule has 0 saturated heterocycles. The number of ether oxygens (including phenoxy) is 2. The normalized spacial score (nSPS) is 15.9. The van der Waals surface area contributed by atoms with Crippen LogP contribution in [0.2, 0.25) is 0 Å². The highest BCUT2D eigenvalue weighted by Crippen LogP contribution is 2.38. The molecule has 0 saturated carbocycles. The molecule has 0 radical (unpaired) electrons. The smallest absolute Gasteiger partial charge is 0.161 e. The van der Waals surface area contributed by atoms with Gasteiger partial charge in [-0.25, -0.2) is 0 Å². The molecule has 3 rings (SSSR count). The maximum atomic E-state index is 5.42. The van der Waals surface area contributed by atoms with E-state index in [1.165, 1.54) is 41.6 Å². The number of hydrogen-bond donors (Lipinski definition) is 1. The molecule has 0 fully saturated rings. The Kier molecular flexibility index (Phi) is 4.75. The van der Waals surface area contributed by atoms with E-state index in [0.29, 0.717) is 6.04 Å². The zero-order valence-corrected chi connectivity index (χ0v) is 14.2. The fraction of sp³-hybridized carbons (Fsp3) is 0.400. The standard InChI is InChI=1S/C20H25NO2/c1-4-5-6-14-7-9-17-16(11-14)12-18(21-17)15-8-10-19(22-2)20(13-15)23-3/h7-11,13,18,21H,4-6,12H2,1-3H3. The molecule has 2 aromatic carbocycles. The fourth-order valence-corrected chi connectivity index (χ4v) is 3.22. The molecule has 122 valence electrons. The summed E-state index contributed by atoms with van der Waals surface area (Å²) in [5.41, 5.74) is 5.35. The Labute approximate surface area is 138 Å². The molecule has 3 nitrogen and oxygen atoms in total. The van der Waals surface area contributed by atoms with Crippen LogP contribution >= 0.6 is 0 Å². The summed E-state index contributed by atoms with van der Waals surface area (Å²) in [6.07, 6.45) is 4.69. The summed E-state index contributed by atoms with van der Waals surface area (Å²) in [7, 11) is 3.34. The zero-order valence-electron chi connectivity index (χ0n) is 14.2. The lowest BCUT2D eigenvalue weighted by molar-refractivity contribution is 0.354. The van der Waals surface area contributed by atoms with E-state index in [1.807, 2.05) is 6.07 Å². The summed E-state index contributed by atoms with van der Waals surface area (Å²) in [6, 6.07) is 13.3. The van der Waals surface area contributed by atoms with Gasteiger partial charge in [-0.3, -0.25) is 0 Å². The van der Waals surface area contributed by atoms with Gasteiger partial charge in [0.1, 0.15) is 0 Å². The third-order valence-electron chi connectivity index (χ3n) is 4.55. The molecule has 0 aliphatic carbocycles. The highest BCUT2D eigenvalue weighted by molar-refractivity contribution is 5.60. The second-order valence-electron chi connectivity index (χ2n) is 6.11. The van der Waals surface area contributed by atoms with E-state index in [2.05, 4.69) is 42.6 Å². The van der Waals surface area contributed by atoms with Gasteiger partial charge in [0.25, 0.3) is 0 Å². The van der Waals surface area contributed by atoms with E-state index in [1.54, 1.807) is 14.2 Å². The Balaban J connectivity index is 1.79. The summed E-state index contributed by atoms with van der Waals surface area (Å²) in [6.45, 7) is 2.24. The van der Waals surface area contributed by atoms with E-state index in [0.717, 1.165) is 17.9 Å². The highest BCUT2D eigenvalue weighted by atomic mass is 16.5. The van der Waals surface area contributed by atoms with E-state index >= 15 is 0 Å². The van der Waals surface area contributed by atoms with Gasteiger partial charge in [0.2, 0.25) is 0 Å². The van der Waals surface area contributed by atoms with Crippen molar-refractivity contribution in [2.45, 2.75) is 38.6 Å². The molecule has 2 aromatic rings. The summed E-state index contributed by atoms with van der Waals surface area (Å²) in [5, 5.41) is 3.63. The van der Waals surface area contributed by atoms with Crippen LogP contribution < -0.4 is 14.8 Å². The molecule has 0 amide bonds. The second-order valence-corrected chi connectivity index (χ2v) is 6.11. The molecule has 0 bridgehead atoms. The van der Waals surface area contributed by atoms with Crippen LogP contribution in [0.25, 0.3) is 0 Å². The molecular formula is C20H25NO2. The van der Waals surface area contributed by atoms with Crippen LogP contribution in [0.5, 0.6) is 11.5 Å². The van der Waals surface area contributed by atoms with Crippen molar-refractivity contribution in [3.63, 3.8) is 0 Å². The van der Waals surface area contributed by atoms with Crippen molar-refractivity contribution in [2.75, 3.05) is 19.5 Å². The average molecular weight is 311 g/mol. The Morgan fingerprint density at radius 2 is 1.87 bits per heavy atom. The molecule has 1 atom stereocenters. The number of nitrogens with one attached hydrogen (secondary N) is 1. The first-order valence-electron chi connectivity index (χ1n) is 8.35. The summed E-state index contributed by atoms with van der Waals surface area (Å²) in [4.78, 5) is 0. The van der Waals surface area contributed by atoms with Gasteiger partial charge in [0.05, 0.1) is 20.3 Å². The lowest BCUT2D eigenvalue weighted by Gasteiger charge is -2.15. The van der Waals surface area contributed by atoms with Crippen molar-refractivity contribution >= 4 is 5.69 Å². The van der Waals surface area contributed by atoms with Crippen LogP contribution in [-0.2, 0) is 12.8 Å². The minimum atomic E-state index is 0.297. The quantitative estimate of drug-likeness (QED) is 0.834. The predicted octanol–water partition coefficient (Wildman–Crippen LogP) is 4.76. The van der Waals surface area contributed by atoms with E-state index in [9.17, 15) is 0 Å². The molecule has 1 heterocycles. The first-order valence-corrected chi connectivity index (χ1v) is 8.35. The zero-order chi connectivity index (χ0) is 16.2. The van der Waals surface area contributed by atoms with Gasteiger partial charge in [0, 0.05) is 5.69 Å². The fourth-order valence-electron chi connectivity index (χ4n) is 3.22.